The van der Waals surface area contributed by atoms with E-state index in [9.17, 15) is 19.2 Å². The first-order chi connectivity index (χ1) is 14.8. The van der Waals surface area contributed by atoms with E-state index < -0.39 is 11.8 Å². The fraction of sp³-hybridized carbons (Fsp3) is 0.217. The van der Waals surface area contributed by atoms with E-state index in [-0.39, 0.29) is 34.5 Å². The van der Waals surface area contributed by atoms with Gasteiger partial charge in [0, 0.05) is 41.9 Å². The number of rotatable bonds is 6. The van der Waals surface area contributed by atoms with Gasteiger partial charge in [-0.25, -0.2) is 0 Å². The molecule has 2 aromatic carbocycles. The van der Waals surface area contributed by atoms with Crippen molar-refractivity contribution < 1.29 is 19.2 Å². The van der Waals surface area contributed by atoms with Crippen LogP contribution in [0.2, 0.25) is 0 Å². The number of hydrogen-bond donors (Lipinski definition) is 3. The summed E-state index contributed by atoms with van der Waals surface area (Å²) in [4.78, 5) is 49.7. The molecule has 160 valence electrons. The predicted molar refractivity (Wildman–Crippen MR) is 117 cm³/mol. The van der Waals surface area contributed by atoms with E-state index in [4.69, 9.17) is 11.5 Å². The number of nitrogens with zero attached hydrogens (tertiary/aromatic N) is 1. The van der Waals surface area contributed by atoms with E-state index in [1.165, 1.54) is 24.3 Å². The highest BCUT2D eigenvalue weighted by atomic mass is 16.2. The summed E-state index contributed by atoms with van der Waals surface area (Å²) in [5, 5.41) is 2.72. The van der Waals surface area contributed by atoms with Crippen LogP contribution in [-0.4, -0.2) is 41.6 Å². The van der Waals surface area contributed by atoms with E-state index in [1.54, 1.807) is 11.0 Å². The minimum atomic E-state index is -0.728. The van der Waals surface area contributed by atoms with Crippen LogP contribution >= 0.6 is 0 Å². The lowest BCUT2D eigenvalue weighted by atomic mass is 9.95. The summed E-state index contributed by atoms with van der Waals surface area (Å²) in [6, 6.07) is 13.6. The molecule has 1 fully saturated rings. The summed E-state index contributed by atoms with van der Waals surface area (Å²) in [6.07, 6.45) is 4.32. The van der Waals surface area contributed by atoms with Crippen molar-refractivity contribution in [2.45, 2.75) is 12.8 Å². The highest BCUT2D eigenvalue weighted by molar-refractivity contribution is 6.02. The Labute approximate surface area is 179 Å². The Balaban J connectivity index is 1.58. The number of piperidine rings is 1. The highest BCUT2D eigenvalue weighted by Gasteiger charge is 2.27. The average molecular weight is 420 g/mol. The number of carbonyl (C=O) groups excluding carboxylic acids is 4. The SMILES string of the molecule is NC(=O)c1cc(NC(=O)C2CCN(C(=O)/C=C/c3ccccc3)CC2)cc(C(N)=O)c1. The molecular formula is C23H24N4O4. The van der Waals surface area contributed by atoms with Crippen LogP contribution in [0, 0.1) is 5.92 Å². The number of likely N-dealkylation sites (tertiary alicyclic amines) is 1. The Hall–Kier alpha value is -3.94. The second-order valence-electron chi connectivity index (χ2n) is 7.36. The van der Waals surface area contributed by atoms with Crippen LogP contribution in [0.15, 0.2) is 54.6 Å². The van der Waals surface area contributed by atoms with Crippen molar-refractivity contribution in [1.29, 1.82) is 0 Å². The molecule has 1 aliphatic heterocycles. The lowest BCUT2D eigenvalue weighted by Crippen LogP contribution is -2.40. The van der Waals surface area contributed by atoms with Crippen LogP contribution in [-0.2, 0) is 9.59 Å². The van der Waals surface area contributed by atoms with Crippen LogP contribution < -0.4 is 16.8 Å². The largest absolute Gasteiger partial charge is 0.366 e. The fourth-order valence-electron chi connectivity index (χ4n) is 3.43. The number of anilines is 1. The normalized spacial score (nSPS) is 14.4. The molecular weight excluding hydrogens is 396 g/mol. The third-order valence-corrected chi connectivity index (χ3v) is 5.16. The summed E-state index contributed by atoms with van der Waals surface area (Å²) in [5.41, 5.74) is 11.9. The number of nitrogens with two attached hydrogens (primary N) is 2. The van der Waals surface area contributed by atoms with Crippen LogP contribution in [0.3, 0.4) is 0 Å². The summed E-state index contributed by atoms with van der Waals surface area (Å²) < 4.78 is 0. The van der Waals surface area contributed by atoms with Gasteiger partial charge in [-0.05, 0) is 42.7 Å². The van der Waals surface area contributed by atoms with Gasteiger partial charge in [0.1, 0.15) is 0 Å². The molecule has 4 amide bonds. The molecule has 0 aliphatic carbocycles. The second-order valence-corrected chi connectivity index (χ2v) is 7.36. The zero-order valence-corrected chi connectivity index (χ0v) is 16.9. The van der Waals surface area contributed by atoms with Crippen molar-refractivity contribution in [2.75, 3.05) is 18.4 Å². The summed E-state index contributed by atoms with van der Waals surface area (Å²) in [6.45, 7) is 0.924. The maximum Gasteiger partial charge on any atom is 0.248 e. The van der Waals surface area contributed by atoms with E-state index in [0.717, 1.165) is 5.56 Å². The topological polar surface area (TPSA) is 136 Å². The Morgan fingerprint density at radius 2 is 1.48 bits per heavy atom. The van der Waals surface area contributed by atoms with E-state index >= 15 is 0 Å². The van der Waals surface area contributed by atoms with Gasteiger partial charge >= 0.3 is 0 Å². The zero-order chi connectivity index (χ0) is 22.4. The molecule has 0 spiro atoms. The van der Waals surface area contributed by atoms with Crippen LogP contribution in [0.25, 0.3) is 6.08 Å². The molecule has 5 N–H and O–H groups in total. The molecule has 0 radical (unpaired) electrons. The molecule has 1 heterocycles. The van der Waals surface area contributed by atoms with Crippen LogP contribution in [0.1, 0.15) is 39.1 Å². The van der Waals surface area contributed by atoms with Crippen LogP contribution in [0.4, 0.5) is 5.69 Å². The lowest BCUT2D eigenvalue weighted by Gasteiger charge is -2.30. The molecule has 31 heavy (non-hydrogen) atoms. The molecule has 0 aromatic heterocycles. The maximum atomic E-state index is 12.7. The number of hydrogen-bond acceptors (Lipinski definition) is 4. The number of carbonyl (C=O) groups is 4. The number of nitrogens with one attached hydrogen (secondary N) is 1. The smallest absolute Gasteiger partial charge is 0.248 e. The monoisotopic (exact) mass is 420 g/mol. The first-order valence-electron chi connectivity index (χ1n) is 9.91. The molecule has 0 bridgehead atoms. The van der Waals surface area contributed by atoms with Gasteiger partial charge in [-0.15, -0.1) is 0 Å². The highest BCUT2D eigenvalue weighted by Crippen LogP contribution is 2.21. The Morgan fingerprint density at radius 1 is 0.903 bits per heavy atom. The fourth-order valence-corrected chi connectivity index (χ4v) is 3.43. The lowest BCUT2D eigenvalue weighted by molar-refractivity contribution is -0.130. The Morgan fingerprint density at radius 3 is 2.03 bits per heavy atom. The van der Waals surface area contributed by atoms with E-state index in [2.05, 4.69) is 5.32 Å². The van der Waals surface area contributed by atoms with E-state index in [0.29, 0.717) is 25.9 Å². The third kappa shape index (κ3) is 5.79. The van der Waals surface area contributed by atoms with Gasteiger partial charge in [0.2, 0.25) is 23.6 Å². The predicted octanol–water partition coefficient (Wildman–Crippen LogP) is 1.77. The standard InChI is InChI=1S/C23H24N4O4/c24-21(29)17-12-18(22(25)30)14-19(13-17)26-23(31)16-8-10-27(11-9-16)20(28)7-6-15-4-2-1-3-5-15/h1-7,12-14,16H,8-11H2,(H2,24,29)(H2,25,30)(H,26,31)/b7-6+. The minimum Gasteiger partial charge on any atom is -0.366 e. The summed E-state index contributed by atoms with van der Waals surface area (Å²) in [5.74, 6) is -2.09. The van der Waals surface area contributed by atoms with Crippen LogP contribution in [0.5, 0.6) is 0 Å². The van der Waals surface area contributed by atoms with E-state index in [1.807, 2.05) is 30.3 Å². The molecule has 8 heteroatoms. The molecule has 1 aliphatic rings. The first-order valence-corrected chi connectivity index (χ1v) is 9.91. The van der Waals surface area contributed by atoms with Crippen molar-refractivity contribution in [3.8, 4) is 0 Å². The van der Waals surface area contributed by atoms with Crippen molar-refractivity contribution in [3.63, 3.8) is 0 Å². The molecule has 1 saturated heterocycles. The number of primary amides is 2. The zero-order valence-electron chi connectivity index (χ0n) is 16.9. The van der Waals surface area contributed by atoms with Crippen molar-refractivity contribution >= 4 is 35.4 Å². The molecule has 2 aromatic rings. The van der Waals surface area contributed by atoms with Gasteiger partial charge in [0.15, 0.2) is 0 Å². The molecule has 0 saturated carbocycles. The average Bonchev–Trinajstić information content (AvgIpc) is 2.78. The Bertz CT molecular complexity index is 993. The van der Waals surface area contributed by atoms with Crippen molar-refractivity contribution in [2.24, 2.45) is 17.4 Å². The summed E-state index contributed by atoms with van der Waals surface area (Å²) in [7, 11) is 0. The molecule has 8 nitrogen and oxygen atoms in total. The van der Waals surface area contributed by atoms with Gasteiger partial charge in [-0.2, -0.15) is 0 Å². The maximum absolute atomic E-state index is 12.7. The molecule has 0 unspecified atom stereocenters. The van der Waals surface area contributed by atoms with Gasteiger partial charge in [-0.1, -0.05) is 30.3 Å². The van der Waals surface area contributed by atoms with Crippen molar-refractivity contribution in [3.05, 3.63) is 71.3 Å². The second kappa shape index (κ2) is 9.71. The van der Waals surface area contributed by atoms with Crippen molar-refractivity contribution in [1.82, 2.24) is 4.90 Å². The summed E-state index contributed by atoms with van der Waals surface area (Å²) >= 11 is 0. The number of amides is 4. The minimum absolute atomic E-state index is 0.0808. The Kier molecular flexibility index (Phi) is 6.81. The quantitative estimate of drug-likeness (QED) is 0.614. The van der Waals surface area contributed by atoms with Gasteiger partial charge in [-0.3, -0.25) is 19.2 Å². The van der Waals surface area contributed by atoms with Gasteiger partial charge in [0.05, 0.1) is 0 Å². The first kappa shape index (κ1) is 21.8. The van der Waals surface area contributed by atoms with Gasteiger partial charge in [0.25, 0.3) is 0 Å². The molecule has 3 rings (SSSR count). The third-order valence-electron chi connectivity index (χ3n) is 5.16. The molecule has 0 atom stereocenters. The number of benzene rings is 2. The van der Waals surface area contributed by atoms with Gasteiger partial charge < -0.3 is 21.7 Å².